The van der Waals surface area contributed by atoms with Crippen LogP contribution < -0.4 is 5.32 Å². The molecule has 4 heteroatoms. The van der Waals surface area contributed by atoms with Gasteiger partial charge in [0.15, 0.2) is 11.6 Å². The van der Waals surface area contributed by atoms with Crippen LogP contribution >= 0.6 is 0 Å². The fourth-order valence-corrected chi connectivity index (χ4v) is 5.21. The lowest BCUT2D eigenvalue weighted by atomic mass is 9.72. The number of allylic oxidation sites excluding steroid dienone is 3. The van der Waals surface area contributed by atoms with Gasteiger partial charge < -0.3 is 9.73 Å². The van der Waals surface area contributed by atoms with E-state index < -0.39 is 0 Å². The van der Waals surface area contributed by atoms with Gasteiger partial charge in [-0.15, -0.1) is 0 Å². The number of fused-ring (bicyclic) bond motifs is 2. The third kappa shape index (κ3) is 2.68. The molecular formula is C27H21NO3. The molecule has 1 N–H and O–H groups in total. The van der Waals surface area contributed by atoms with Crippen molar-refractivity contribution in [1.82, 2.24) is 5.32 Å². The summed E-state index contributed by atoms with van der Waals surface area (Å²) in [6.07, 6.45) is 2.73. The molecular weight excluding hydrogens is 386 g/mol. The second kappa shape index (κ2) is 6.67. The molecule has 0 bridgehead atoms. The van der Waals surface area contributed by atoms with Gasteiger partial charge in [0.2, 0.25) is 0 Å². The predicted octanol–water partition coefficient (Wildman–Crippen LogP) is 5.28. The van der Waals surface area contributed by atoms with E-state index in [9.17, 15) is 9.59 Å². The number of benzene rings is 2. The van der Waals surface area contributed by atoms with Crippen molar-refractivity contribution in [1.29, 1.82) is 0 Å². The van der Waals surface area contributed by atoms with Crippen LogP contribution in [0.25, 0.3) is 5.70 Å². The van der Waals surface area contributed by atoms with E-state index >= 15 is 0 Å². The molecule has 2 heterocycles. The molecule has 4 nitrogen and oxygen atoms in total. The van der Waals surface area contributed by atoms with Crippen molar-refractivity contribution in [3.05, 3.63) is 112 Å². The first-order valence-corrected chi connectivity index (χ1v) is 10.6. The normalized spacial score (nSPS) is 22.2. The number of ketones is 2. The van der Waals surface area contributed by atoms with Gasteiger partial charge in [-0.1, -0.05) is 54.1 Å². The molecule has 1 aromatic heterocycles. The maximum absolute atomic E-state index is 13.5. The maximum Gasteiger partial charge on any atom is 0.192 e. The van der Waals surface area contributed by atoms with Crippen LogP contribution in [0.3, 0.4) is 0 Å². The molecule has 0 radical (unpaired) electrons. The topological polar surface area (TPSA) is 59.3 Å². The predicted molar refractivity (Wildman–Crippen MR) is 117 cm³/mol. The third-order valence-corrected chi connectivity index (χ3v) is 6.67. The lowest BCUT2D eigenvalue weighted by molar-refractivity contribution is -0.116. The zero-order chi connectivity index (χ0) is 21.1. The average Bonchev–Trinajstić information content (AvgIpc) is 3.41. The first kappa shape index (κ1) is 18.1. The lowest BCUT2D eigenvalue weighted by Gasteiger charge is -2.35. The van der Waals surface area contributed by atoms with Gasteiger partial charge in [-0.2, -0.15) is 0 Å². The number of nitrogens with one attached hydrogen (secondary N) is 1. The van der Waals surface area contributed by atoms with E-state index in [0.717, 1.165) is 39.4 Å². The van der Waals surface area contributed by atoms with E-state index in [1.807, 2.05) is 67.6 Å². The van der Waals surface area contributed by atoms with Crippen molar-refractivity contribution in [2.75, 3.05) is 0 Å². The highest BCUT2D eigenvalue weighted by Crippen LogP contribution is 2.50. The Morgan fingerprint density at radius 2 is 1.65 bits per heavy atom. The van der Waals surface area contributed by atoms with Crippen LogP contribution in [0, 0.1) is 6.92 Å². The van der Waals surface area contributed by atoms with Gasteiger partial charge in [0, 0.05) is 46.2 Å². The van der Waals surface area contributed by atoms with Gasteiger partial charge in [-0.05, 0) is 31.0 Å². The van der Waals surface area contributed by atoms with E-state index in [-0.39, 0.29) is 23.4 Å². The van der Waals surface area contributed by atoms with Crippen LogP contribution in [-0.2, 0) is 4.79 Å². The smallest absolute Gasteiger partial charge is 0.192 e. The molecule has 2 aromatic carbocycles. The van der Waals surface area contributed by atoms with Crippen molar-refractivity contribution < 1.29 is 14.0 Å². The summed E-state index contributed by atoms with van der Waals surface area (Å²) in [5.74, 6) is 0.571. The summed E-state index contributed by atoms with van der Waals surface area (Å²) in [5.41, 5.74) is 6.92. The van der Waals surface area contributed by atoms with Gasteiger partial charge in [0.1, 0.15) is 5.76 Å². The number of hydrogen-bond acceptors (Lipinski definition) is 4. The monoisotopic (exact) mass is 407 g/mol. The highest BCUT2D eigenvalue weighted by atomic mass is 16.3. The van der Waals surface area contributed by atoms with Crippen molar-refractivity contribution in [2.24, 2.45) is 0 Å². The Labute approximate surface area is 180 Å². The number of carbonyl (C=O) groups is 2. The summed E-state index contributed by atoms with van der Waals surface area (Å²) in [4.78, 5) is 26.9. The molecule has 2 unspecified atom stereocenters. The molecule has 2 aliphatic carbocycles. The highest BCUT2D eigenvalue weighted by molar-refractivity contribution is 6.23. The Hall–Kier alpha value is -3.66. The molecule has 152 valence electrons. The zero-order valence-corrected chi connectivity index (χ0v) is 17.1. The maximum atomic E-state index is 13.5. The van der Waals surface area contributed by atoms with Crippen LogP contribution in [0.1, 0.15) is 57.5 Å². The number of dihydropyridines is 1. The Kier molecular flexibility index (Phi) is 3.90. The van der Waals surface area contributed by atoms with Crippen LogP contribution in [-0.4, -0.2) is 11.6 Å². The van der Waals surface area contributed by atoms with Gasteiger partial charge >= 0.3 is 0 Å². The Morgan fingerprint density at radius 3 is 2.39 bits per heavy atom. The molecule has 31 heavy (non-hydrogen) atoms. The van der Waals surface area contributed by atoms with Gasteiger partial charge in [0.05, 0.1) is 12.0 Å². The Morgan fingerprint density at radius 1 is 0.871 bits per heavy atom. The summed E-state index contributed by atoms with van der Waals surface area (Å²) in [6, 6.07) is 19.7. The minimum Gasteiger partial charge on any atom is -0.469 e. The average molecular weight is 407 g/mol. The van der Waals surface area contributed by atoms with E-state index in [2.05, 4.69) is 5.32 Å². The summed E-state index contributed by atoms with van der Waals surface area (Å²) in [5, 5.41) is 3.51. The number of hydrogen-bond donors (Lipinski definition) is 1. The van der Waals surface area contributed by atoms with Gasteiger partial charge in [-0.3, -0.25) is 9.59 Å². The fraction of sp³-hybridized carbons (Fsp3) is 0.185. The fourth-order valence-electron chi connectivity index (χ4n) is 5.21. The van der Waals surface area contributed by atoms with Crippen LogP contribution in [0.5, 0.6) is 0 Å². The summed E-state index contributed by atoms with van der Waals surface area (Å²) >= 11 is 0. The second-order valence-corrected chi connectivity index (χ2v) is 8.57. The van der Waals surface area contributed by atoms with Crippen LogP contribution in [0.4, 0.5) is 0 Å². The lowest BCUT2D eigenvalue weighted by Crippen LogP contribution is -2.33. The van der Waals surface area contributed by atoms with Crippen molar-refractivity contribution in [3.63, 3.8) is 0 Å². The Balaban J connectivity index is 1.53. The minimum atomic E-state index is -0.350. The molecule has 0 amide bonds. The first-order chi connectivity index (χ1) is 15.1. The van der Waals surface area contributed by atoms with Crippen LogP contribution in [0.15, 0.2) is 88.2 Å². The first-order valence-electron chi connectivity index (χ1n) is 10.6. The summed E-state index contributed by atoms with van der Waals surface area (Å²) in [6.45, 7) is 2.04. The van der Waals surface area contributed by atoms with Crippen molar-refractivity contribution in [2.45, 2.75) is 31.6 Å². The molecule has 3 aliphatic rings. The number of Topliss-reactive ketones (excluding diaryl/α,β-unsaturated/α-hetero) is 2. The molecule has 2 atom stereocenters. The van der Waals surface area contributed by atoms with Gasteiger partial charge in [-0.25, -0.2) is 0 Å². The molecule has 6 rings (SSSR count). The molecule has 1 aliphatic heterocycles. The molecule has 0 fully saturated rings. The van der Waals surface area contributed by atoms with E-state index in [0.29, 0.717) is 24.0 Å². The van der Waals surface area contributed by atoms with E-state index in [1.165, 1.54) is 0 Å². The number of furan rings is 1. The molecule has 0 spiro atoms. The summed E-state index contributed by atoms with van der Waals surface area (Å²) < 4.78 is 5.62. The quantitative estimate of drug-likeness (QED) is 0.628. The minimum absolute atomic E-state index is 0.00177. The number of rotatable bonds is 2. The highest BCUT2D eigenvalue weighted by Gasteiger charge is 2.45. The number of aryl methyl sites for hydroxylation is 1. The largest absolute Gasteiger partial charge is 0.469 e. The Bertz CT molecular complexity index is 1290. The second-order valence-electron chi connectivity index (χ2n) is 8.57. The molecule has 0 saturated heterocycles. The standard InChI is InChI=1S/C27H21NO3/c1-15-8-10-16(11-9-15)23-24-20(13-17(14-21(24)29)22-7-4-12-31-22)28-26-18-5-2-3-6-19(18)27(30)25(23)26/h2-12,17,23,28H,13-14H2,1H3. The number of carbonyl (C=O) groups excluding carboxylic acids is 2. The van der Waals surface area contributed by atoms with E-state index in [1.54, 1.807) is 6.26 Å². The van der Waals surface area contributed by atoms with Crippen LogP contribution in [0.2, 0.25) is 0 Å². The molecule has 3 aromatic rings. The SMILES string of the molecule is Cc1ccc(C2C3=C(CC(c4ccco4)CC3=O)NC3=C2C(=O)c2ccccc23)cc1. The van der Waals surface area contributed by atoms with Crippen molar-refractivity contribution in [3.8, 4) is 0 Å². The zero-order valence-electron chi connectivity index (χ0n) is 17.1. The third-order valence-electron chi connectivity index (χ3n) is 6.67. The van der Waals surface area contributed by atoms with E-state index in [4.69, 9.17) is 4.42 Å². The molecule has 0 saturated carbocycles. The van der Waals surface area contributed by atoms with Crippen molar-refractivity contribution >= 4 is 17.3 Å². The van der Waals surface area contributed by atoms with Gasteiger partial charge in [0.25, 0.3) is 0 Å². The summed E-state index contributed by atoms with van der Waals surface area (Å²) in [7, 11) is 0.